The van der Waals surface area contributed by atoms with Gasteiger partial charge < -0.3 is 5.32 Å². The molecular formula is C12H13ClN2O2. The van der Waals surface area contributed by atoms with Crippen LogP contribution in [0.4, 0.5) is 5.69 Å². The quantitative estimate of drug-likeness (QED) is 0.836. The van der Waals surface area contributed by atoms with Crippen molar-refractivity contribution in [3.8, 4) is 0 Å². The van der Waals surface area contributed by atoms with Crippen LogP contribution < -0.4 is 5.32 Å². The standard InChI is InChI=1S/C12H13ClN2O2/c1-2-15-11(16)7-10(12(15)17)14-9-5-3-4-8(13)6-9/h3-6,10,14H,2,7H2,1H3. The van der Waals surface area contributed by atoms with Gasteiger partial charge in [-0.3, -0.25) is 14.5 Å². The molecule has 1 saturated heterocycles. The number of amides is 2. The lowest BCUT2D eigenvalue weighted by Gasteiger charge is -2.14. The van der Waals surface area contributed by atoms with E-state index in [1.54, 1.807) is 25.1 Å². The molecule has 1 unspecified atom stereocenters. The summed E-state index contributed by atoms with van der Waals surface area (Å²) < 4.78 is 0. The van der Waals surface area contributed by atoms with E-state index in [0.717, 1.165) is 5.69 Å². The summed E-state index contributed by atoms with van der Waals surface area (Å²) in [6.45, 7) is 2.21. The molecular weight excluding hydrogens is 240 g/mol. The predicted octanol–water partition coefficient (Wildman–Crippen LogP) is 1.90. The Labute approximate surface area is 105 Å². The molecule has 0 saturated carbocycles. The zero-order chi connectivity index (χ0) is 12.4. The van der Waals surface area contributed by atoms with Gasteiger partial charge >= 0.3 is 0 Å². The number of hydrogen-bond acceptors (Lipinski definition) is 3. The molecule has 4 nitrogen and oxygen atoms in total. The molecule has 1 aliphatic rings. The summed E-state index contributed by atoms with van der Waals surface area (Å²) in [5.41, 5.74) is 0.751. The Morgan fingerprint density at radius 1 is 1.47 bits per heavy atom. The number of anilines is 1. The molecule has 1 atom stereocenters. The molecule has 1 aliphatic heterocycles. The van der Waals surface area contributed by atoms with Crippen molar-refractivity contribution in [1.29, 1.82) is 0 Å². The lowest BCUT2D eigenvalue weighted by Crippen LogP contribution is -2.34. The molecule has 1 aromatic carbocycles. The van der Waals surface area contributed by atoms with Crippen LogP contribution in [-0.2, 0) is 9.59 Å². The number of nitrogens with zero attached hydrogens (tertiary/aromatic N) is 1. The zero-order valence-electron chi connectivity index (χ0n) is 9.44. The fraction of sp³-hybridized carbons (Fsp3) is 0.333. The molecule has 1 fully saturated rings. The monoisotopic (exact) mass is 252 g/mol. The van der Waals surface area contributed by atoms with Gasteiger partial charge in [0.25, 0.3) is 5.91 Å². The maximum atomic E-state index is 11.8. The molecule has 0 spiro atoms. The van der Waals surface area contributed by atoms with Crippen LogP contribution in [0.3, 0.4) is 0 Å². The van der Waals surface area contributed by atoms with Gasteiger partial charge in [0, 0.05) is 17.3 Å². The highest BCUT2D eigenvalue weighted by Crippen LogP contribution is 2.20. The van der Waals surface area contributed by atoms with Crippen molar-refractivity contribution in [2.24, 2.45) is 0 Å². The van der Waals surface area contributed by atoms with Gasteiger partial charge in [-0.25, -0.2) is 0 Å². The SMILES string of the molecule is CCN1C(=O)CC(Nc2cccc(Cl)c2)C1=O. The molecule has 1 aromatic rings. The van der Waals surface area contributed by atoms with Crippen molar-refractivity contribution in [1.82, 2.24) is 4.90 Å². The molecule has 1 N–H and O–H groups in total. The van der Waals surface area contributed by atoms with Gasteiger partial charge in [-0.15, -0.1) is 0 Å². The smallest absolute Gasteiger partial charge is 0.252 e. The van der Waals surface area contributed by atoms with E-state index in [1.165, 1.54) is 4.90 Å². The summed E-state index contributed by atoms with van der Waals surface area (Å²) >= 11 is 5.85. The second kappa shape index (κ2) is 4.75. The van der Waals surface area contributed by atoms with E-state index in [-0.39, 0.29) is 18.2 Å². The van der Waals surface area contributed by atoms with E-state index >= 15 is 0 Å². The Morgan fingerprint density at radius 3 is 2.82 bits per heavy atom. The fourth-order valence-corrected chi connectivity index (χ4v) is 2.10. The first kappa shape index (κ1) is 11.9. The van der Waals surface area contributed by atoms with Gasteiger partial charge in [0.1, 0.15) is 6.04 Å². The zero-order valence-corrected chi connectivity index (χ0v) is 10.2. The average Bonchev–Trinajstić information content (AvgIpc) is 2.54. The summed E-state index contributed by atoms with van der Waals surface area (Å²) in [5, 5.41) is 3.63. The van der Waals surface area contributed by atoms with Gasteiger partial charge in [-0.1, -0.05) is 17.7 Å². The summed E-state index contributed by atoms with van der Waals surface area (Å²) in [6.07, 6.45) is 0.208. The molecule has 0 bridgehead atoms. The Kier molecular flexibility index (Phi) is 3.33. The van der Waals surface area contributed by atoms with E-state index in [4.69, 9.17) is 11.6 Å². The molecule has 5 heteroatoms. The number of hydrogen-bond donors (Lipinski definition) is 1. The number of nitrogens with one attached hydrogen (secondary N) is 1. The van der Waals surface area contributed by atoms with E-state index < -0.39 is 6.04 Å². The Morgan fingerprint density at radius 2 is 2.24 bits per heavy atom. The highest BCUT2D eigenvalue weighted by atomic mass is 35.5. The largest absolute Gasteiger partial charge is 0.373 e. The van der Waals surface area contributed by atoms with Crippen LogP contribution in [0.15, 0.2) is 24.3 Å². The highest BCUT2D eigenvalue weighted by molar-refractivity contribution is 6.30. The van der Waals surface area contributed by atoms with E-state index in [1.807, 2.05) is 6.07 Å². The number of benzene rings is 1. The summed E-state index contributed by atoms with van der Waals surface area (Å²) in [5.74, 6) is -0.297. The number of imide groups is 1. The van der Waals surface area contributed by atoms with Crippen LogP contribution >= 0.6 is 11.6 Å². The van der Waals surface area contributed by atoms with Crippen LogP contribution in [0, 0.1) is 0 Å². The number of halogens is 1. The Balaban J connectivity index is 2.11. The molecule has 2 amide bonds. The number of likely N-dealkylation sites (tertiary alicyclic amines) is 1. The second-order valence-electron chi connectivity index (χ2n) is 3.89. The first-order valence-corrected chi connectivity index (χ1v) is 5.86. The molecule has 2 rings (SSSR count). The highest BCUT2D eigenvalue weighted by Gasteiger charge is 2.37. The maximum absolute atomic E-state index is 11.8. The first-order chi connectivity index (χ1) is 8.11. The van der Waals surface area contributed by atoms with E-state index in [2.05, 4.69) is 5.32 Å². The Bertz CT molecular complexity index is 462. The minimum atomic E-state index is -0.471. The van der Waals surface area contributed by atoms with Crippen LogP contribution in [0.1, 0.15) is 13.3 Å². The molecule has 0 aromatic heterocycles. The molecule has 1 heterocycles. The van der Waals surface area contributed by atoms with Gasteiger partial charge in [0.2, 0.25) is 5.91 Å². The fourth-order valence-electron chi connectivity index (χ4n) is 1.91. The average molecular weight is 253 g/mol. The summed E-state index contributed by atoms with van der Waals surface area (Å²) in [4.78, 5) is 24.6. The number of carbonyl (C=O) groups excluding carboxylic acids is 2. The first-order valence-electron chi connectivity index (χ1n) is 5.48. The summed E-state index contributed by atoms with van der Waals surface area (Å²) in [6, 6.07) is 6.63. The second-order valence-corrected chi connectivity index (χ2v) is 4.32. The summed E-state index contributed by atoms with van der Waals surface area (Å²) in [7, 11) is 0. The predicted molar refractivity (Wildman–Crippen MR) is 65.9 cm³/mol. The van der Waals surface area contributed by atoms with E-state index in [9.17, 15) is 9.59 Å². The molecule has 0 aliphatic carbocycles. The van der Waals surface area contributed by atoms with Crippen molar-refractivity contribution in [2.75, 3.05) is 11.9 Å². The van der Waals surface area contributed by atoms with Crippen LogP contribution in [0.5, 0.6) is 0 Å². The third kappa shape index (κ3) is 2.42. The minimum absolute atomic E-state index is 0.128. The number of likely N-dealkylation sites (N-methyl/N-ethyl adjacent to an activating group) is 1. The van der Waals surface area contributed by atoms with Gasteiger partial charge in [0.15, 0.2) is 0 Å². The van der Waals surface area contributed by atoms with E-state index in [0.29, 0.717) is 11.6 Å². The van der Waals surface area contributed by atoms with Gasteiger partial charge in [0.05, 0.1) is 6.42 Å². The van der Waals surface area contributed by atoms with Crippen LogP contribution in [0.25, 0.3) is 0 Å². The Hall–Kier alpha value is -1.55. The van der Waals surface area contributed by atoms with Gasteiger partial charge in [-0.2, -0.15) is 0 Å². The molecule has 0 radical (unpaired) electrons. The topological polar surface area (TPSA) is 49.4 Å². The minimum Gasteiger partial charge on any atom is -0.373 e. The third-order valence-electron chi connectivity index (χ3n) is 2.73. The van der Waals surface area contributed by atoms with Gasteiger partial charge in [-0.05, 0) is 25.1 Å². The van der Waals surface area contributed by atoms with Crippen molar-refractivity contribution in [3.05, 3.63) is 29.3 Å². The van der Waals surface area contributed by atoms with Crippen molar-refractivity contribution in [3.63, 3.8) is 0 Å². The lowest BCUT2D eigenvalue weighted by atomic mass is 10.2. The third-order valence-corrected chi connectivity index (χ3v) is 2.96. The number of rotatable bonds is 3. The molecule has 90 valence electrons. The lowest BCUT2D eigenvalue weighted by molar-refractivity contribution is -0.138. The van der Waals surface area contributed by atoms with Crippen LogP contribution in [-0.4, -0.2) is 29.3 Å². The molecule has 17 heavy (non-hydrogen) atoms. The van der Waals surface area contributed by atoms with Crippen molar-refractivity contribution >= 4 is 29.1 Å². The van der Waals surface area contributed by atoms with Crippen molar-refractivity contribution in [2.45, 2.75) is 19.4 Å². The van der Waals surface area contributed by atoms with Crippen LogP contribution in [0.2, 0.25) is 5.02 Å². The van der Waals surface area contributed by atoms with Crippen molar-refractivity contribution < 1.29 is 9.59 Å². The number of carbonyl (C=O) groups is 2. The normalized spacial score (nSPS) is 19.9. The maximum Gasteiger partial charge on any atom is 0.252 e.